The van der Waals surface area contributed by atoms with E-state index in [4.69, 9.17) is 18.9 Å². The van der Waals surface area contributed by atoms with E-state index in [0.717, 1.165) is 11.1 Å². The minimum absolute atomic E-state index is 0.0117. The number of hydrogen-bond donors (Lipinski definition) is 0. The van der Waals surface area contributed by atoms with Crippen LogP contribution in [0.25, 0.3) is 0 Å². The molecule has 1 aromatic rings. The van der Waals surface area contributed by atoms with Gasteiger partial charge < -0.3 is 18.9 Å². The molecule has 0 amide bonds. The molecule has 2 atom stereocenters. The molecule has 2 saturated heterocycles. The lowest BCUT2D eigenvalue weighted by Gasteiger charge is -2.11. The summed E-state index contributed by atoms with van der Waals surface area (Å²) in [5.41, 5.74) is 2.28. The van der Waals surface area contributed by atoms with Crippen molar-refractivity contribution in [2.45, 2.75) is 26.1 Å². The van der Waals surface area contributed by atoms with Crippen LogP contribution in [0.2, 0.25) is 0 Å². The van der Waals surface area contributed by atoms with Crippen LogP contribution >= 0.6 is 0 Å². The average Bonchev–Trinajstić information content (AvgIpc) is 3.37. The molecular formula is C16H18O6. The number of esters is 2. The van der Waals surface area contributed by atoms with Gasteiger partial charge in [-0.25, -0.2) is 9.59 Å². The van der Waals surface area contributed by atoms with Gasteiger partial charge in [-0.1, -0.05) is 6.07 Å². The summed E-state index contributed by atoms with van der Waals surface area (Å²) in [5.74, 6) is -0.903. The maximum absolute atomic E-state index is 12.1. The van der Waals surface area contributed by atoms with Gasteiger partial charge in [0.2, 0.25) is 0 Å². The van der Waals surface area contributed by atoms with Crippen LogP contribution in [-0.2, 0) is 18.9 Å². The Morgan fingerprint density at radius 3 is 1.73 bits per heavy atom. The maximum Gasteiger partial charge on any atom is 0.338 e. The number of carbonyl (C=O) groups excluding carboxylic acids is 2. The van der Waals surface area contributed by atoms with Crippen LogP contribution < -0.4 is 0 Å². The molecule has 0 radical (unpaired) electrons. The van der Waals surface area contributed by atoms with Crippen molar-refractivity contribution in [3.05, 3.63) is 34.4 Å². The molecule has 118 valence electrons. The first-order valence-electron chi connectivity index (χ1n) is 7.23. The van der Waals surface area contributed by atoms with Crippen LogP contribution in [0.5, 0.6) is 0 Å². The number of hydrogen-bond acceptors (Lipinski definition) is 6. The number of ether oxygens (including phenoxy) is 4. The Labute approximate surface area is 128 Å². The topological polar surface area (TPSA) is 77.7 Å². The van der Waals surface area contributed by atoms with Gasteiger partial charge in [-0.3, -0.25) is 0 Å². The summed E-state index contributed by atoms with van der Waals surface area (Å²) in [5, 5.41) is 0. The number of rotatable bonds is 6. The third kappa shape index (κ3) is 3.64. The SMILES string of the molecule is Cc1cc(C)c(C(=O)OCC2CO2)cc1C(=O)OCC1CO1. The molecule has 0 saturated carbocycles. The lowest BCUT2D eigenvalue weighted by atomic mass is 10.00. The monoisotopic (exact) mass is 306 g/mol. The Morgan fingerprint density at radius 1 is 0.955 bits per heavy atom. The van der Waals surface area contributed by atoms with Gasteiger partial charge >= 0.3 is 11.9 Å². The van der Waals surface area contributed by atoms with Crippen molar-refractivity contribution in [2.75, 3.05) is 26.4 Å². The van der Waals surface area contributed by atoms with Gasteiger partial charge in [0.05, 0.1) is 24.3 Å². The molecule has 2 fully saturated rings. The van der Waals surface area contributed by atoms with Crippen LogP contribution in [0.3, 0.4) is 0 Å². The molecule has 6 nitrogen and oxygen atoms in total. The molecule has 2 heterocycles. The molecule has 0 bridgehead atoms. The van der Waals surface area contributed by atoms with Gasteiger partial charge in [0.15, 0.2) is 0 Å². The predicted molar refractivity (Wildman–Crippen MR) is 76.0 cm³/mol. The number of aryl methyl sites for hydroxylation is 2. The smallest absolute Gasteiger partial charge is 0.338 e. The standard InChI is InChI=1S/C16H18O6/c1-9-3-10(2)14(16(18)22-8-12-6-20-12)4-13(9)15(17)21-7-11-5-19-11/h3-4,11-12H,5-8H2,1-2H3. The van der Waals surface area contributed by atoms with E-state index in [2.05, 4.69) is 0 Å². The summed E-state index contributed by atoms with van der Waals surface area (Å²) in [4.78, 5) is 24.2. The van der Waals surface area contributed by atoms with Crippen LogP contribution in [0.4, 0.5) is 0 Å². The summed E-state index contributed by atoms with van der Waals surface area (Å²) in [6.07, 6.45) is 0.0235. The lowest BCUT2D eigenvalue weighted by molar-refractivity contribution is 0.0473. The fourth-order valence-electron chi connectivity index (χ4n) is 2.11. The highest BCUT2D eigenvalue weighted by molar-refractivity contribution is 5.97. The van der Waals surface area contributed by atoms with Crippen molar-refractivity contribution < 1.29 is 28.5 Å². The van der Waals surface area contributed by atoms with Crippen molar-refractivity contribution >= 4 is 11.9 Å². The normalized spacial score (nSPS) is 22.1. The Morgan fingerprint density at radius 2 is 1.36 bits per heavy atom. The molecule has 6 heteroatoms. The summed E-state index contributed by atoms with van der Waals surface area (Å²) < 4.78 is 20.4. The highest BCUT2D eigenvalue weighted by Crippen LogP contribution is 2.20. The first-order valence-corrected chi connectivity index (χ1v) is 7.23. The Kier molecular flexibility index (Phi) is 4.13. The molecule has 0 spiro atoms. The second-order valence-electron chi connectivity index (χ2n) is 5.59. The fourth-order valence-corrected chi connectivity index (χ4v) is 2.11. The molecule has 0 aliphatic carbocycles. The van der Waals surface area contributed by atoms with Crippen LogP contribution in [0.1, 0.15) is 31.8 Å². The minimum atomic E-state index is -0.451. The molecule has 2 aliphatic rings. The van der Waals surface area contributed by atoms with E-state index in [9.17, 15) is 9.59 Å². The number of benzene rings is 1. The summed E-state index contributed by atoms with van der Waals surface area (Å²) in [6, 6.07) is 3.32. The fraction of sp³-hybridized carbons (Fsp3) is 0.500. The van der Waals surface area contributed by atoms with E-state index in [1.807, 2.05) is 13.8 Å². The Balaban J connectivity index is 1.72. The number of carbonyl (C=O) groups is 2. The van der Waals surface area contributed by atoms with Gasteiger partial charge in [0, 0.05) is 0 Å². The van der Waals surface area contributed by atoms with E-state index >= 15 is 0 Å². The zero-order chi connectivity index (χ0) is 15.7. The third-order valence-corrected chi connectivity index (χ3v) is 3.62. The first kappa shape index (κ1) is 15.0. The zero-order valence-electron chi connectivity index (χ0n) is 12.6. The molecule has 2 aliphatic heterocycles. The minimum Gasteiger partial charge on any atom is -0.459 e. The summed E-state index contributed by atoms with van der Waals surface area (Å²) in [7, 11) is 0. The van der Waals surface area contributed by atoms with Crippen LogP contribution in [-0.4, -0.2) is 50.6 Å². The maximum atomic E-state index is 12.1. The van der Waals surface area contributed by atoms with E-state index in [0.29, 0.717) is 24.3 Å². The molecule has 3 rings (SSSR count). The molecule has 0 N–H and O–H groups in total. The average molecular weight is 306 g/mol. The van der Waals surface area contributed by atoms with Crippen molar-refractivity contribution in [1.82, 2.24) is 0 Å². The summed E-state index contributed by atoms with van der Waals surface area (Å²) in [6.45, 7) is 5.35. The van der Waals surface area contributed by atoms with Gasteiger partial charge in [-0.15, -0.1) is 0 Å². The van der Waals surface area contributed by atoms with Crippen molar-refractivity contribution in [3.63, 3.8) is 0 Å². The predicted octanol–water partition coefficient (Wildman–Crippen LogP) is 1.41. The highest BCUT2D eigenvalue weighted by atomic mass is 16.6. The van der Waals surface area contributed by atoms with Crippen molar-refractivity contribution in [2.24, 2.45) is 0 Å². The van der Waals surface area contributed by atoms with Gasteiger partial charge in [-0.05, 0) is 31.0 Å². The second kappa shape index (κ2) is 6.06. The molecule has 0 aromatic heterocycles. The highest BCUT2D eigenvalue weighted by Gasteiger charge is 2.27. The Hall–Kier alpha value is -1.92. The lowest BCUT2D eigenvalue weighted by Crippen LogP contribution is -2.15. The molecule has 1 aromatic carbocycles. The first-order chi connectivity index (χ1) is 10.5. The quantitative estimate of drug-likeness (QED) is 0.584. The van der Waals surface area contributed by atoms with Gasteiger partial charge in [-0.2, -0.15) is 0 Å². The third-order valence-electron chi connectivity index (χ3n) is 3.62. The van der Waals surface area contributed by atoms with Gasteiger partial charge in [0.25, 0.3) is 0 Å². The van der Waals surface area contributed by atoms with E-state index in [1.54, 1.807) is 6.07 Å². The van der Waals surface area contributed by atoms with Crippen molar-refractivity contribution in [3.8, 4) is 0 Å². The largest absolute Gasteiger partial charge is 0.459 e. The Bertz CT molecular complexity index is 552. The number of epoxide rings is 2. The summed E-state index contributed by atoms with van der Waals surface area (Å²) >= 11 is 0. The molecule has 2 unspecified atom stereocenters. The van der Waals surface area contributed by atoms with E-state index < -0.39 is 11.9 Å². The van der Waals surface area contributed by atoms with Crippen molar-refractivity contribution in [1.29, 1.82) is 0 Å². The molecule has 22 heavy (non-hydrogen) atoms. The second-order valence-corrected chi connectivity index (χ2v) is 5.59. The van der Waals surface area contributed by atoms with Crippen LogP contribution in [0, 0.1) is 13.8 Å². The molecular weight excluding hydrogens is 288 g/mol. The van der Waals surface area contributed by atoms with E-state index in [-0.39, 0.29) is 25.4 Å². The van der Waals surface area contributed by atoms with Crippen LogP contribution in [0.15, 0.2) is 12.1 Å². The zero-order valence-corrected chi connectivity index (χ0v) is 12.6. The van der Waals surface area contributed by atoms with E-state index in [1.165, 1.54) is 6.07 Å². The van der Waals surface area contributed by atoms with Gasteiger partial charge in [0.1, 0.15) is 25.4 Å².